The lowest BCUT2D eigenvalue weighted by atomic mass is 10.0. The minimum absolute atomic E-state index is 0.0121. The molecule has 0 saturated carbocycles. The maximum absolute atomic E-state index is 14.4. The predicted molar refractivity (Wildman–Crippen MR) is 177 cm³/mol. The minimum atomic E-state index is -4.24. The Morgan fingerprint density at radius 3 is 2.07 bits per heavy atom. The molecule has 0 spiro atoms. The van der Waals surface area contributed by atoms with Crippen LogP contribution in [0.25, 0.3) is 0 Å². The van der Waals surface area contributed by atoms with Gasteiger partial charge < -0.3 is 10.2 Å². The predicted octanol–water partition coefficient (Wildman–Crippen LogP) is 6.85. The van der Waals surface area contributed by atoms with Gasteiger partial charge in [0.25, 0.3) is 10.0 Å². The second kappa shape index (κ2) is 14.5. The summed E-state index contributed by atoms with van der Waals surface area (Å²) in [7, 11) is -2.76. The van der Waals surface area contributed by atoms with Crippen LogP contribution in [0, 0.1) is 13.8 Å². The van der Waals surface area contributed by atoms with Crippen molar-refractivity contribution in [2.45, 2.75) is 37.8 Å². The number of carbonyl (C=O) groups excluding carboxylic acids is 2. The van der Waals surface area contributed by atoms with E-state index >= 15 is 0 Å². The highest BCUT2D eigenvalue weighted by atomic mass is 35.5. The van der Waals surface area contributed by atoms with E-state index in [0.717, 1.165) is 15.4 Å². The number of rotatable bonds is 11. The maximum Gasteiger partial charge on any atom is 0.264 e. The molecule has 7 nitrogen and oxygen atoms in total. The third-order valence-corrected chi connectivity index (χ3v) is 9.94. The summed E-state index contributed by atoms with van der Waals surface area (Å²) in [4.78, 5) is 29.2. The van der Waals surface area contributed by atoms with Crippen molar-refractivity contribution in [3.8, 4) is 0 Å². The summed E-state index contributed by atoms with van der Waals surface area (Å²) >= 11 is 19.2. The van der Waals surface area contributed by atoms with Gasteiger partial charge in [0.2, 0.25) is 11.8 Å². The summed E-state index contributed by atoms with van der Waals surface area (Å²) in [6.07, 6.45) is 0.166. The first-order valence-electron chi connectivity index (χ1n) is 13.8. The maximum atomic E-state index is 14.4. The van der Waals surface area contributed by atoms with Crippen LogP contribution >= 0.6 is 34.8 Å². The number of benzene rings is 4. The molecule has 0 unspecified atom stereocenters. The third kappa shape index (κ3) is 7.74. The van der Waals surface area contributed by atoms with E-state index in [4.69, 9.17) is 34.8 Å². The molecule has 0 saturated heterocycles. The van der Waals surface area contributed by atoms with Crippen molar-refractivity contribution in [2.24, 2.45) is 0 Å². The van der Waals surface area contributed by atoms with Gasteiger partial charge >= 0.3 is 0 Å². The van der Waals surface area contributed by atoms with Crippen LogP contribution in [0.1, 0.15) is 22.3 Å². The first-order chi connectivity index (χ1) is 20.9. The Hall–Kier alpha value is -3.56. The van der Waals surface area contributed by atoms with Crippen LogP contribution < -0.4 is 9.62 Å². The van der Waals surface area contributed by atoms with Gasteiger partial charge in [-0.25, -0.2) is 8.42 Å². The van der Waals surface area contributed by atoms with E-state index in [1.54, 1.807) is 55.5 Å². The Morgan fingerprint density at radius 2 is 1.48 bits per heavy atom. The third-order valence-electron chi connectivity index (χ3n) is 7.22. The highest BCUT2D eigenvalue weighted by molar-refractivity contribution is 7.92. The van der Waals surface area contributed by atoms with E-state index in [0.29, 0.717) is 26.2 Å². The van der Waals surface area contributed by atoms with Gasteiger partial charge in [0, 0.05) is 40.6 Å². The van der Waals surface area contributed by atoms with Crippen molar-refractivity contribution in [2.75, 3.05) is 17.9 Å². The molecule has 2 amide bonds. The molecule has 1 atom stereocenters. The van der Waals surface area contributed by atoms with Gasteiger partial charge in [-0.2, -0.15) is 0 Å². The molecule has 0 aromatic heterocycles. The molecule has 0 radical (unpaired) electrons. The van der Waals surface area contributed by atoms with Gasteiger partial charge in [-0.05, 0) is 67.4 Å². The van der Waals surface area contributed by atoms with Gasteiger partial charge in [0.05, 0.1) is 10.6 Å². The molecule has 1 N–H and O–H groups in total. The molecule has 4 aromatic carbocycles. The van der Waals surface area contributed by atoms with E-state index in [1.807, 2.05) is 37.3 Å². The van der Waals surface area contributed by atoms with E-state index in [-0.39, 0.29) is 23.5 Å². The first kappa shape index (κ1) is 33.3. The van der Waals surface area contributed by atoms with Gasteiger partial charge in [-0.1, -0.05) is 88.9 Å². The molecule has 230 valence electrons. The quantitative estimate of drug-likeness (QED) is 0.189. The highest BCUT2D eigenvalue weighted by Gasteiger charge is 2.35. The Morgan fingerprint density at radius 1 is 0.841 bits per heavy atom. The second-order valence-electron chi connectivity index (χ2n) is 10.3. The van der Waals surface area contributed by atoms with Crippen LogP contribution in [0.2, 0.25) is 15.1 Å². The number of anilines is 1. The van der Waals surface area contributed by atoms with Gasteiger partial charge in [-0.15, -0.1) is 0 Å². The Bertz CT molecular complexity index is 1730. The van der Waals surface area contributed by atoms with E-state index in [2.05, 4.69) is 5.32 Å². The van der Waals surface area contributed by atoms with Crippen molar-refractivity contribution in [1.82, 2.24) is 10.2 Å². The minimum Gasteiger partial charge on any atom is -0.357 e. The normalized spacial score (nSPS) is 12.0. The standard InChI is InChI=1S/C33H32Cl3N3O4S/c1-22-12-15-26(16-13-22)44(42,43)39(30-17-14-25(34)18-23(30)2)21-32(40)38(20-27-28(35)10-7-11-29(27)36)31(33(41)37-3)19-24-8-5-4-6-9-24/h4-18,31H,19-21H2,1-3H3,(H,37,41)/t31-/m1/s1. The summed E-state index contributed by atoms with van der Waals surface area (Å²) in [6, 6.07) is 24.3. The molecular weight excluding hydrogens is 641 g/mol. The number of hydrogen-bond donors (Lipinski definition) is 1. The zero-order valence-electron chi connectivity index (χ0n) is 24.4. The Kier molecular flexibility index (Phi) is 11.0. The summed E-state index contributed by atoms with van der Waals surface area (Å²) in [5, 5.41) is 3.69. The average molecular weight is 673 g/mol. The largest absolute Gasteiger partial charge is 0.357 e. The van der Waals surface area contributed by atoms with Crippen LogP contribution in [-0.4, -0.2) is 44.8 Å². The van der Waals surface area contributed by atoms with Crippen LogP contribution in [0.3, 0.4) is 0 Å². The molecule has 0 fully saturated rings. The fourth-order valence-corrected chi connectivity index (χ4v) is 7.05. The zero-order valence-corrected chi connectivity index (χ0v) is 27.5. The fourth-order valence-electron chi connectivity index (χ4n) is 4.82. The second-order valence-corrected chi connectivity index (χ2v) is 13.4. The van der Waals surface area contributed by atoms with Crippen molar-refractivity contribution in [3.05, 3.63) is 128 Å². The summed E-state index contributed by atoms with van der Waals surface area (Å²) in [5.74, 6) is -1.06. The molecule has 0 aliphatic heterocycles. The van der Waals surface area contributed by atoms with E-state index < -0.39 is 34.4 Å². The SMILES string of the molecule is CNC(=O)[C@@H](Cc1ccccc1)N(Cc1c(Cl)cccc1Cl)C(=O)CN(c1ccc(Cl)cc1C)S(=O)(=O)c1ccc(C)cc1. The van der Waals surface area contributed by atoms with Gasteiger partial charge in [-0.3, -0.25) is 13.9 Å². The van der Waals surface area contributed by atoms with Crippen LogP contribution in [0.5, 0.6) is 0 Å². The Labute approximate surface area is 273 Å². The van der Waals surface area contributed by atoms with Crippen LogP contribution in [0.4, 0.5) is 5.69 Å². The molecule has 44 heavy (non-hydrogen) atoms. The first-order valence-corrected chi connectivity index (χ1v) is 16.3. The average Bonchev–Trinajstić information content (AvgIpc) is 2.99. The molecule has 0 heterocycles. The number of nitrogens with zero attached hydrogens (tertiary/aromatic N) is 2. The summed E-state index contributed by atoms with van der Waals surface area (Å²) in [6.45, 7) is 2.82. The fraction of sp³-hybridized carbons (Fsp3) is 0.212. The molecule has 0 aliphatic rings. The van der Waals surface area contributed by atoms with Crippen LogP contribution in [0.15, 0.2) is 95.9 Å². The molecule has 11 heteroatoms. The van der Waals surface area contributed by atoms with Gasteiger partial charge in [0.1, 0.15) is 12.6 Å². The number of likely N-dealkylation sites (N-methyl/N-ethyl adjacent to an activating group) is 1. The lowest BCUT2D eigenvalue weighted by Gasteiger charge is -2.34. The van der Waals surface area contributed by atoms with Crippen LogP contribution in [-0.2, 0) is 32.6 Å². The lowest BCUT2D eigenvalue weighted by molar-refractivity contribution is -0.139. The number of hydrogen-bond acceptors (Lipinski definition) is 4. The number of amides is 2. The smallest absolute Gasteiger partial charge is 0.264 e. The number of carbonyl (C=O) groups is 2. The lowest BCUT2D eigenvalue weighted by Crippen LogP contribution is -2.53. The number of nitrogens with one attached hydrogen (secondary N) is 1. The van der Waals surface area contributed by atoms with Crippen molar-refractivity contribution >= 4 is 62.3 Å². The number of aryl methyl sites for hydroxylation is 2. The molecule has 4 rings (SSSR count). The van der Waals surface area contributed by atoms with Crippen molar-refractivity contribution < 1.29 is 18.0 Å². The van der Waals surface area contributed by atoms with E-state index in [9.17, 15) is 18.0 Å². The Balaban J connectivity index is 1.84. The number of halogens is 3. The monoisotopic (exact) mass is 671 g/mol. The summed E-state index contributed by atoms with van der Waals surface area (Å²) < 4.78 is 29.4. The number of sulfonamides is 1. The van der Waals surface area contributed by atoms with Crippen molar-refractivity contribution in [1.29, 1.82) is 0 Å². The molecular formula is C33H32Cl3N3O4S. The molecule has 0 aliphatic carbocycles. The topological polar surface area (TPSA) is 86.8 Å². The summed E-state index contributed by atoms with van der Waals surface area (Å²) in [5.41, 5.74) is 2.95. The molecule has 4 aromatic rings. The highest BCUT2D eigenvalue weighted by Crippen LogP contribution is 2.31. The van der Waals surface area contributed by atoms with Crippen molar-refractivity contribution in [3.63, 3.8) is 0 Å². The zero-order chi connectivity index (χ0) is 32.0. The van der Waals surface area contributed by atoms with Gasteiger partial charge in [0.15, 0.2) is 0 Å². The van der Waals surface area contributed by atoms with E-state index in [1.165, 1.54) is 24.1 Å². The molecule has 0 bridgehead atoms.